The van der Waals surface area contributed by atoms with Crippen LogP contribution in [0.15, 0.2) is 59.1 Å². The van der Waals surface area contributed by atoms with Crippen molar-refractivity contribution >= 4 is 10.0 Å². The Kier molecular flexibility index (Phi) is 4.96. The fraction of sp³-hybridized carbons (Fsp3) is 0.222. The van der Waals surface area contributed by atoms with Crippen molar-refractivity contribution in [1.29, 1.82) is 0 Å². The molecule has 0 amide bonds. The predicted molar refractivity (Wildman–Crippen MR) is 95.0 cm³/mol. The molecule has 0 fully saturated rings. The molecule has 0 unspecified atom stereocenters. The molecule has 0 radical (unpaired) electrons. The molecule has 0 aliphatic heterocycles. The van der Waals surface area contributed by atoms with Gasteiger partial charge in [0.15, 0.2) is 0 Å². The van der Waals surface area contributed by atoms with Crippen LogP contribution < -0.4 is 0 Å². The van der Waals surface area contributed by atoms with Crippen molar-refractivity contribution in [3.05, 3.63) is 71.6 Å². The van der Waals surface area contributed by atoms with E-state index in [1.807, 2.05) is 49.4 Å². The number of aromatic nitrogens is 2. The van der Waals surface area contributed by atoms with Crippen LogP contribution in [0.1, 0.15) is 17.0 Å². The molecular formula is C18H19N3O3S. The maximum Gasteiger partial charge on any atom is 0.242 e. The second-order valence-corrected chi connectivity index (χ2v) is 7.95. The lowest BCUT2D eigenvalue weighted by atomic mass is 10.1. The van der Waals surface area contributed by atoms with Gasteiger partial charge in [-0.1, -0.05) is 65.3 Å². The first kappa shape index (κ1) is 17.3. The highest BCUT2D eigenvalue weighted by Gasteiger charge is 2.21. The van der Waals surface area contributed by atoms with E-state index in [0.29, 0.717) is 5.82 Å². The third-order valence-corrected chi connectivity index (χ3v) is 5.58. The Morgan fingerprint density at radius 1 is 1.04 bits per heavy atom. The first-order valence-corrected chi connectivity index (χ1v) is 9.42. The Morgan fingerprint density at radius 2 is 1.72 bits per heavy atom. The van der Waals surface area contributed by atoms with E-state index in [2.05, 4.69) is 10.1 Å². The van der Waals surface area contributed by atoms with Gasteiger partial charge in [0.2, 0.25) is 21.7 Å². The van der Waals surface area contributed by atoms with Crippen molar-refractivity contribution in [1.82, 2.24) is 14.4 Å². The normalized spacial score (nSPS) is 11.8. The highest BCUT2D eigenvalue weighted by Crippen LogP contribution is 2.18. The summed E-state index contributed by atoms with van der Waals surface area (Å²) < 4.78 is 31.3. The van der Waals surface area contributed by atoms with Crippen LogP contribution in [-0.2, 0) is 22.3 Å². The van der Waals surface area contributed by atoms with Crippen molar-refractivity contribution < 1.29 is 12.9 Å². The van der Waals surface area contributed by atoms with E-state index < -0.39 is 10.0 Å². The van der Waals surface area contributed by atoms with Crippen molar-refractivity contribution in [2.75, 3.05) is 7.05 Å². The van der Waals surface area contributed by atoms with E-state index in [1.165, 1.54) is 11.4 Å². The van der Waals surface area contributed by atoms with Gasteiger partial charge in [-0.15, -0.1) is 0 Å². The van der Waals surface area contributed by atoms with Gasteiger partial charge in [0, 0.05) is 12.6 Å². The van der Waals surface area contributed by atoms with Gasteiger partial charge in [0.05, 0.1) is 12.3 Å². The third-order valence-electron chi connectivity index (χ3n) is 3.80. The number of nitrogens with zero attached hydrogens (tertiary/aromatic N) is 3. The van der Waals surface area contributed by atoms with Gasteiger partial charge in [-0.3, -0.25) is 0 Å². The maximum absolute atomic E-state index is 12.5. The van der Waals surface area contributed by atoms with E-state index in [1.54, 1.807) is 12.1 Å². The summed E-state index contributed by atoms with van der Waals surface area (Å²) in [6.45, 7) is 2.03. The maximum atomic E-state index is 12.5. The van der Waals surface area contributed by atoms with Crippen LogP contribution in [0, 0.1) is 6.92 Å². The van der Waals surface area contributed by atoms with E-state index >= 15 is 0 Å². The molecule has 0 atom stereocenters. The molecule has 0 spiro atoms. The predicted octanol–water partition coefficient (Wildman–Crippen LogP) is 3.01. The minimum Gasteiger partial charge on any atom is -0.338 e. The van der Waals surface area contributed by atoms with Gasteiger partial charge in [0.25, 0.3) is 0 Å². The number of hydrogen-bond acceptors (Lipinski definition) is 5. The minimum atomic E-state index is -3.47. The summed E-state index contributed by atoms with van der Waals surface area (Å²) in [5.74, 6) is 0.641. The van der Waals surface area contributed by atoms with E-state index in [0.717, 1.165) is 16.7 Å². The number of hydrogen-bond donors (Lipinski definition) is 0. The lowest BCUT2D eigenvalue weighted by molar-refractivity contribution is 0.336. The molecule has 0 saturated heterocycles. The standard InChI is InChI=1S/C18H19N3O3S/c1-14-8-10-16(11-9-14)18-19-17(24-20-18)12-21(2)25(22,23)13-15-6-4-3-5-7-15/h3-11H,12-13H2,1-2H3. The van der Waals surface area contributed by atoms with Crippen LogP contribution in [0.5, 0.6) is 0 Å². The fourth-order valence-electron chi connectivity index (χ4n) is 2.32. The molecule has 130 valence electrons. The zero-order chi connectivity index (χ0) is 17.9. The lowest BCUT2D eigenvalue weighted by Crippen LogP contribution is -2.27. The zero-order valence-electron chi connectivity index (χ0n) is 14.1. The Hall–Kier alpha value is -2.51. The van der Waals surface area contributed by atoms with Gasteiger partial charge in [-0.2, -0.15) is 9.29 Å². The van der Waals surface area contributed by atoms with E-state index in [4.69, 9.17) is 4.52 Å². The average Bonchev–Trinajstić information content (AvgIpc) is 3.04. The number of benzene rings is 2. The molecule has 1 heterocycles. The van der Waals surface area contributed by atoms with Gasteiger partial charge < -0.3 is 4.52 Å². The molecule has 3 aromatic rings. The second kappa shape index (κ2) is 7.16. The Bertz CT molecular complexity index is 935. The molecule has 3 rings (SSSR count). The monoisotopic (exact) mass is 357 g/mol. The number of sulfonamides is 1. The van der Waals surface area contributed by atoms with Crippen molar-refractivity contribution in [2.45, 2.75) is 19.2 Å². The SMILES string of the molecule is Cc1ccc(-c2noc(CN(C)S(=O)(=O)Cc3ccccc3)n2)cc1. The summed E-state index contributed by atoms with van der Waals surface area (Å²) in [7, 11) is -1.96. The summed E-state index contributed by atoms with van der Waals surface area (Å²) in [6.07, 6.45) is 0. The van der Waals surface area contributed by atoms with Crippen LogP contribution in [0.3, 0.4) is 0 Å². The molecule has 0 aliphatic rings. The summed E-state index contributed by atoms with van der Waals surface area (Å²) in [6, 6.07) is 16.8. The largest absolute Gasteiger partial charge is 0.338 e. The van der Waals surface area contributed by atoms with Crippen LogP contribution in [0.2, 0.25) is 0 Å². The van der Waals surface area contributed by atoms with Crippen LogP contribution in [0.4, 0.5) is 0 Å². The zero-order valence-corrected chi connectivity index (χ0v) is 14.9. The Balaban J connectivity index is 1.70. The Morgan fingerprint density at radius 3 is 2.40 bits per heavy atom. The number of rotatable bonds is 6. The molecular weight excluding hydrogens is 338 g/mol. The van der Waals surface area contributed by atoms with Crippen molar-refractivity contribution in [2.24, 2.45) is 0 Å². The van der Waals surface area contributed by atoms with Crippen LogP contribution >= 0.6 is 0 Å². The minimum absolute atomic E-state index is 0.0357. The Labute approximate surface area is 147 Å². The molecule has 25 heavy (non-hydrogen) atoms. The highest BCUT2D eigenvalue weighted by atomic mass is 32.2. The lowest BCUT2D eigenvalue weighted by Gasteiger charge is -2.14. The first-order chi connectivity index (χ1) is 11.9. The third kappa shape index (κ3) is 4.32. The topological polar surface area (TPSA) is 76.3 Å². The number of aryl methyl sites for hydroxylation is 1. The summed E-state index contributed by atoms with van der Waals surface area (Å²) >= 11 is 0. The highest BCUT2D eigenvalue weighted by molar-refractivity contribution is 7.88. The molecule has 0 bridgehead atoms. The van der Waals surface area contributed by atoms with Crippen LogP contribution in [-0.4, -0.2) is 29.9 Å². The fourth-order valence-corrected chi connectivity index (χ4v) is 3.46. The molecule has 2 aromatic carbocycles. The average molecular weight is 357 g/mol. The summed E-state index contributed by atoms with van der Waals surface area (Å²) in [4.78, 5) is 4.29. The summed E-state index contributed by atoms with van der Waals surface area (Å²) in [5.41, 5.74) is 2.70. The molecule has 0 aliphatic carbocycles. The quantitative estimate of drug-likeness (QED) is 0.678. The smallest absolute Gasteiger partial charge is 0.242 e. The van der Waals surface area contributed by atoms with E-state index in [9.17, 15) is 8.42 Å². The molecule has 1 aromatic heterocycles. The van der Waals surface area contributed by atoms with Gasteiger partial charge in [-0.25, -0.2) is 8.42 Å². The first-order valence-electron chi connectivity index (χ1n) is 7.81. The van der Waals surface area contributed by atoms with Gasteiger partial charge in [-0.05, 0) is 12.5 Å². The molecule has 0 N–H and O–H groups in total. The molecule has 6 nitrogen and oxygen atoms in total. The van der Waals surface area contributed by atoms with Crippen molar-refractivity contribution in [3.8, 4) is 11.4 Å². The van der Waals surface area contributed by atoms with Gasteiger partial charge in [0.1, 0.15) is 0 Å². The van der Waals surface area contributed by atoms with Crippen LogP contribution in [0.25, 0.3) is 11.4 Å². The van der Waals surface area contributed by atoms with Crippen molar-refractivity contribution in [3.63, 3.8) is 0 Å². The van der Waals surface area contributed by atoms with E-state index in [-0.39, 0.29) is 18.2 Å². The van der Waals surface area contributed by atoms with Gasteiger partial charge >= 0.3 is 0 Å². The second-order valence-electron chi connectivity index (χ2n) is 5.88. The summed E-state index contributed by atoms with van der Waals surface area (Å²) in [5, 5.41) is 3.93. The molecule has 0 saturated carbocycles. The molecule has 7 heteroatoms.